The van der Waals surface area contributed by atoms with Crippen molar-refractivity contribution in [1.29, 1.82) is 0 Å². The Hall–Kier alpha value is -3.65. The van der Waals surface area contributed by atoms with Gasteiger partial charge in [0.05, 0.1) is 32.3 Å². The number of aromatic nitrogens is 1. The highest BCUT2D eigenvalue weighted by Gasteiger charge is 2.51. The zero-order valence-electron chi connectivity index (χ0n) is 23.3. The lowest BCUT2D eigenvalue weighted by molar-refractivity contribution is -0.140. The van der Waals surface area contributed by atoms with Crippen LogP contribution in [0, 0.1) is 5.92 Å². The number of amides is 1. The standard InChI is InChI=1S/C32H38N2O6/c1-37-24-13-10-21(11-14-24)7-5-6-18-33-31(36)26-20-39-32(34-26)30-25(27-15-16-28(30)40-27)19-23-9-4-3-8-22(23)12-17-29(35)38-2/h3-4,8-11,13-14,20,25,27-28,30H,5-7,12,15-19H2,1-2H3,(H,33,36)/t25-,27-,28+,30-/m0/s1. The molecule has 8 heteroatoms. The van der Waals surface area contributed by atoms with E-state index in [0.717, 1.165) is 49.8 Å². The summed E-state index contributed by atoms with van der Waals surface area (Å²) in [5.41, 5.74) is 3.91. The highest BCUT2D eigenvalue weighted by molar-refractivity contribution is 5.91. The summed E-state index contributed by atoms with van der Waals surface area (Å²) in [7, 11) is 3.08. The molecular formula is C32H38N2O6. The van der Waals surface area contributed by atoms with Gasteiger partial charge in [-0.15, -0.1) is 0 Å². The van der Waals surface area contributed by atoms with Crippen molar-refractivity contribution in [2.75, 3.05) is 20.8 Å². The number of aryl methyl sites for hydroxylation is 2. The van der Waals surface area contributed by atoms with Gasteiger partial charge < -0.3 is 23.9 Å². The molecule has 40 heavy (non-hydrogen) atoms. The maximum atomic E-state index is 12.8. The number of unbranched alkanes of at least 4 members (excludes halogenated alkanes) is 1. The number of fused-ring (bicyclic) bond motifs is 2. The van der Waals surface area contributed by atoms with Crippen LogP contribution in [-0.4, -0.2) is 49.8 Å². The molecule has 0 spiro atoms. The van der Waals surface area contributed by atoms with Gasteiger partial charge in [0.25, 0.3) is 5.91 Å². The number of oxazole rings is 1. The van der Waals surface area contributed by atoms with Crippen molar-refractivity contribution in [3.63, 3.8) is 0 Å². The van der Waals surface area contributed by atoms with Crippen molar-refractivity contribution < 1.29 is 28.2 Å². The number of methoxy groups -OCH3 is 2. The van der Waals surface area contributed by atoms with Crippen LogP contribution in [0.25, 0.3) is 0 Å². The van der Waals surface area contributed by atoms with E-state index < -0.39 is 0 Å². The van der Waals surface area contributed by atoms with Gasteiger partial charge in [0.15, 0.2) is 5.69 Å². The fourth-order valence-corrected chi connectivity index (χ4v) is 6.05. The van der Waals surface area contributed by atoms with Gasteiger partial charge in [0.2, 0.25) is 5.89 Å². The second-order valence-electron chi connectivity index (χ2n) is 10.7. The molecule has 1 amide bonds. The average Bonchev–Trinajstić information content (AvgIpc) is 3.74. The number of ether oxygens (including phenoxy) is 3. The fourth-order valence-electron chi connectivity index (χ4n) is 6.05. The van der Waals surface area contributed by atoms with Crippen molar-refractivity contribution >= 4 is 11.9 Å². The second kappa shape index (κ2) is 13.1. The molecule has 0 aliphatic carbocycles. The summed E-state index contributed by atoms with van der Waals surface area (Å²) < 4.78 is 22.2. The predicted molar refractivity (Wildman–Crippen MR) is 149 cm³/mol. The van der Waals surface area contributed by atoms with Gasteiger partial charge in [-0.1, -0.05) is 36.4 Å². The lowest BCUT2D eigenvalue weighted by Gasteiger charge is -2.26. The first-order valence-electron chi connectivity index (χ1n) is 14.2. The zero-order valence-corrected chi connectivity index (χ0v) is 23.3. The lowest BCUT2D eigenvalue weighted by atomic mass is 9.75. The summed E-state index contributed by atoms with van der Waals surface area (Å²) in [5, 5.41) is 2.98. The lowest BCUT2D eigenvalue weighted by Crippen LogP contribution is -2.28. The minimum atomic E-state index is -0.215. The highest BCUT2D eigenvalue weighted by Crippen LogP contribution is 2.50. The van der Waals surface area contributed by atoms with Crippen LogP contribution < -0.4 is 10.1 Å². The first-order chi connectivity index (χ1) is 19.6. The van der Waals surface area contributed by atoms with Crippen molar-refractivity contribution in [3.05, 3.63) is 83.1 Å². The van der Waals surface area contributed by atoms with Crippen molar-refractivity contribution in [3.8, 4) is 5.75 Å². The predicted octanol–water partition coefficient (Wildman–Crippen LogP) is 5.05. The molecule has 8 nitrogen and oxygen atoms in total. The van der Waals surface area contributed by atoms with Crippen LogP contribution in [0.2, 0.25) is 0 Å². The summed E-state index contributed by atoms with van der Waals surface area (Å²) in [6, 6.07) is 16.3. The highest BCUT2D eigenvalue weighted by atomic mass is 16.5. The van der Waals surface area contributed by atoms with Crippen molar-refractivity contribution in [2.24, 2.45) is 5.92 Å². The number of benzene rings is 2. The van der Waals surface area contributed by atoms with E-state index in [9.17, 15) is 9.59 Å². The molecule has 0 radical (unpaired) electrons. The first-order valence-corrected chi connectivity index (χ1v) is 14.2. The summed E-state index contributed by atoms with van der Waals surface area (Å²) >= 11 is 0. The number of nitrogens with zero attached hydrogens (tertiary/aromatic N) is 1. The van der Waals surface area contributed by atoms with Crippen LogP contribution in [0.3, 0.4) is 0 Å². The number of hydrogen-bond acceptors (Lipinski definition) is 7. The number of hydrogen-bond donors (Lipinski definition) is 1. The number of esters is 1. The molecule has 3 heterocycles. The first kappa shape index (κ1) is 27.9. The van der Waals surface area contributed by atoms with E-state index in [0.29, 0.717) is 31.0 Å². The smallest absolute Gasteiger partial charge is 0.305 e. The molecule has 2 bridgehead atoms. The van der Waals surface area contributed by atoms with Gasteiger partial charge in [-0.3, -0.25) is 9.59 Å². The Morgan fingerprint density at radius 3 is 2.52 bits per heavy atom. The Balaban J connectivity index is 1.16. The number of carbonyl (C=O) groups is 2. The third-order valence-electron chi connectivity index (χ3n) is 8.20. The van der Waals surface area contributed by atoms with Gasteiger partial charge in [0.1, 0.15) is 12.0 Å². The SMILES string of the molecule is COC(=O)CCc1ccccc1C[C@@H]1[C@H](c2nc(C(=O)NCCCCc3ccc(OC)cc3)co2)[C@H]2CC[C@@H]1O2. The van der Waals surface area contributed by atoms with Crippen molar-refractivity contribution in [2.45, 2.75) is 69.5 Å². The molecule has 3 aromatic rings. The quantitative estimate of drug-likeness (QED) is 0.237. The Labute approximate surface area is 235 Å². The topological polar surface area (TPSA) is 99.9 Å². The molecular weight excluding hydrogens is 508 g/mol. The second-order valence-corrected chi connectivity index (χ2v) is 10.7. The number of rotatable bonds is 13. The van der Waals surface area contributed by atoms with E-state index in [1.807, 2.05) is 24.3 Å². The van der Waals surface area contributed by atoms with Crippen LogP contribution in [0.15, 0.2) is 59.2 Å². The molecule has 1 aromatic heterocycles. The molecule has 0 saturated carbocycles. The third kappa shape index (κ3) is 6.55. The fraction of sp³-hybridized carbons (Fsp3) is 0.469. The molecule has 5 rings (SSSR count). The summed E-state index contributed by atoms with van der Waals surface area (Å²) in [4.78, 5) is 29.1. The van der Waals surface area contributed by atoms with E-state index in [4.69, 9.17) is 18.6 Å². The van der Waals surface area contributed by atoms with E-state index in [1.165, 1.54) is 24.5 Å². The molecule has 4 atom stereocenters. The summed E-state index contributed by atoms with van der Waals surface area (Å²) in [6.07, 6.45) is 8.23. The van der Waals surface area contributed by atoms with Crippen LogP contribution in [0.1, 0.15) is 71.1 Å². The van der Waals surface area contributed by atoms with Crippen molar-refractivity contribution in [1.82, 2.24) is 10.3 Å². The summed E-state index contributed by atoms with van der Waals surface area (Å²) in [5.74, 6) is 1.21. The molecule has 2 fully saturated rings. The minimum absolute atomic E-state index is 0.00143. The van der Waals surface area contributed by atoms with Crippen LogP contribution in [0.5, 0.6) is 5.75 Å². The maximum absolute atomic E-state index is 12.8. The maximum Gasteiger partial charge on any atom is 0.305 e. The Morgan fingerprint density at radius 1 is 0.975 bits per heavy atom. The van der Waals surface area contributed by atoms with Crippen LogP contribution in [-0.2, 0) is 33.5 Å². The Morgan fingerprint density at radius 2 is 1.75 bits per heavy atom. The van der Waals surface area contributed by atoms with E-state index >= 15 is 0 Å². The average molecular weight is 547 g/mol. The Kier molecular flexibility index (Phi) is 9.16. The molecule has 1 N–H and O–H groups in total. The van der Waals surface area contributed by atoms with Gasteiger partial charge >= 0.3 is 5.97 Å². The van der Waals surface area contributed by atoms with E-state index in [1.54, 1.807) is 7.11 Å². The largest absolute Gasteiger partial charge is 0.497 e. The third-order valence-corrected chi connectivity index (χ3v) is 8.20. The zero-order chi connectivity index (χ0) is 27.9. The van der Waals surface area contributed by atoms with Crippen LogP contribution in [0.4, 0.5) is 0 Å². The monoisotopic (exact) mass is 546 g/mol. The molecule has 0 unspecified atom stereocenters. The normalized spacial score (nSPS) is 21.4. The molecule has 212 valence electrons. The Bertz CT molecular complexity index is 1290. The van der Waals surface area contributed by atoms with Gasteiger partial charge in [0, 0.05) is 18.9 Å². The molecule has 2 aromatic carbocycles. The number of carbonyl (C=O) groups excluding carboxylic acids is 2. The van der Waals surface area contributed by atoms with Crippen LogP contribution >= 0.6 is 0 Å². The van der Waals surface area contributed by atoms with Gasteiger partial charge in [-0.05, 0) is 73.8 Å². The van der Waals surface area contributed by atoms with E-state index in [-0.39, 0.29) is 35.9 Å². The molecule has 2 aliphatic rings. The van der Waals surface area contributed by atoms with E-state index in [2.05, 4.69) is 34.6 Å². The minimum Gasteiger partial charge on any atom is -0.497 e. The molecule has 2 saturated heterocycles. The van der Waals surface area contributed by atoms with Gasteiger partial charge in [-0.25, -0.2) is 4.98 Å². The van der Waals surface area contributed by atoms with Gasteiger partial charge in [-0.2, -0.15) is 0 Å². The molecule has 2 aliphatic heterocycles. The summed E-state index contributed by atoms with van der Waals surface area (Å²) in [6.45, 7) is 0.583. The number of nitrogens with one attached hydrogen (secondary N) is 1.